The highest BCUT2D eigenvalue weighted by Crippen LogP contribution is 2.39. The lowest BCUT2D eigenvalue weighted by Gasteiger charge is -2.29. The zero-order valence-electron chi connectivity index (χ0n) is 21.8. The summed E-state index contributed by atoms with van der Waals surface area (Å²) in [5.74, 6) is 1.81. The van der Waals surface area contributed by atoms with Gasteiger partial charge in [0.15, 0.2) is 11.6 Å². The number of aliphatic imine (C=N–C) groups is 1. The first-order chi connectivity index (χ1) is 17.3. The van der Waals surface area contributed by atoms with Gasteiger partial charge in [0.25, 0.3) is 0 Å². The molecular weight excluding hydrogens is 454 g/mol. The van der Waals surface area contributed by atoms with Crippen molar-refractivity contribution in [2.24, 2.45) is 10.7 Å². The highest BCUT2D eigenvalue weighted by atomic mass is 16.5. The predicted molar refractivity (Wildman–Crippen MR) is 144 cm³/mol. The number of fused-ring (bicyclic) bond motifs is 1. The van der Waals surface area contributed by atoms with Crippen LogP contribution in [0.15, 0.2) is 29.4 Å². The summed E-state index contributed by atoms with van der Waals surface area (Å²) < 4.78 is 5.50. The number of nitrogens with one attached hydrogen (secondary N) is 2. The van der Waals surface area contributed by atoms with Crippen molar-refractivity contribution < 1.29 is 9.53 Å². The number of nitrogens with two attached hydrogens (primary N) is 1. The molecule has 4 rings (SSSR count). The molecule has 1 fully saturated rings. The summed E-state index contributed by atoms with van der Waals surface area (Å²) >= 11 is 0. The molecule has 192 valence electrons. The largest absolute Gasteiger partial charge is 0.493 e. The van der Waals surface area contributed by atoms with Gasteiger partial charge in [-0.25, -0.2) is 9.98 Å². The lowest BCUT2D eigenvalue weighted by atomic mass is 9.83. The zero-order valence-corrected chi connectivity index (χ0v) is 21.8. The number of ether oxygens (including phenoxy) is 1. The fourth-order valence-electron chi connectivity index (χ4n) is 4.99. The third-order valence-electron chi connectivity index (χ3n) is 7.00. The number of carbonyl (C=O) groups excluding carboxylic acids is 1. The molecule has 0 atom stereocenters. The Labute approximate surface area is 212 Å². The Morgan fingerprint density at radius 3 is 2.69 bits per heavy atom. The van der Waals surface area contributed by atoms with Crippen LogP contribution >= 0.6 is 0 Å². The molecule has 3 aromatic rings. The molecule has 0 radical (unpaired) electrons. The number of likely N-dealkylation sites (N-methyl/N-ethyl adjacent to an activating group) is 1. The van der Waals surface area contributed by atoms with Gasteiger partial charge in [0.05, 0.1) is 36.7 Å². The minimum absolute atomic E-state index is 0.114. The predicted octanol–water partition coefficient (Wildman–Crippen LogP) is 4.08. The molecule has 36 heavy (non-hydrogen) atoms. The maximum atomic E-state index is 11.9. The maximum Gasteiger partial charge on any atom is 0.236 e. The van der Waals surface area contributed by atoms with Gasteiger partial charge in [-0.15, -0.1) is 0 Å². The molecule has 3 aromatic heterocycles. The van der Waals surface area contributed by atoms with Gasteiger partial charge in [-0.3, -0.25) is 9.78 Å². The lowest BCUT2D eigenvalue weighted by Crippen LogP contribution is -2.40. The van der Waals surface area contributed by atoms with Gasteiger partial charge in [-0.05, 0) is 49.8 Å². The summed E-state index contributed by atoms with van der Waals surface area (Å²) in [7, 11) is 5.18. The van der Waals surface area contributed by atoms with E-state index < -0.39 is 0 Å². The number of pyridine rings is 2. The molecule has 1 aliphatic carbocycles. The molecule has 3 heterocycles. The SMILES string of the molecule is COc1cc(-c2[nH]c3ccc(C4CCC(NCC(=O)N(C)C)CC4)nc3c2C(C)C)cnc1N=CN. The van der Waals surface area contributed by atoms with Crippen LogP contribution in [0.3, 0.4) is 0 Å². The van der Waals surface area contributed by atoms with E-state index in [0.717, 1.165) is 53.7 Å². The summed E-state index contributed by atoms with van der Waals surface area (Å²) in [5.41, 5.74) is 11.7. The van der Waals surface area contributed by atoms with Crippen molar-refractivity contribution >= 4 is 29.1 Å². The number of aromatic amines is 1. The van der Waals surface area contributed by atoms with Crippen molar-refractivity contribution in [2.45, 2.75) is 57.4 Å². The van der Waals surface area contributed by atoms with E-state index in [4.69, 9.17) is 15.5 Å². The van der Waals surface area contributed by atoms with Crippen LogP contribution in [-0.2, 0) is 4.79 Å². The fourth-order valence-corrected chi connectivity index (χ4v) is 4.99. The molecule has 9 heteroatoms. The van der Waals surface area contributed by atoms with Crippen molar-refractivity contribution in [1.29, 1.82) is 0 Å². The number of aromatic nitrogens is 3. The van der Waals surface area contributed by atoms with E-state index in [2.05, 4.69) is 46.3 Å². The highest BCUT2D eigenvalue weighted by molar-refractivity contribution is 5.89. The molecule has 1 saturated carbocycles. The van der Waals surface area contributed by atoms with Gasteiger partial charge >= 0.3 is 0 Å². The van der Waals surface area contributed by atoms with Crippen molar-refractivity contribution in [3.05, 3.63) is 35.7 Å². The summed E-state index contributed by atoms with van der Waals surface area (Å²) in [4.78, 5) is 30.8. The van der Waals surface area contributed by atoms with Gasteiger partial charge < -0.3 is 25.7 Å². The Morgan fingerprint density at radius 1 is 1.31 bits per heavy atom. The van der Waals surface area contributed by atoms with E-state index in [9.17, 15) is 4.79 Å². The number of nitrogens with zero attached hydrogens (tertiary/aromatic N) is 4. The second kappa shape index (κ2) is 11.1. The van der Waals surface area contributed by atoms with Crippen LogP contribution in [0.2, 0.25) is 0 Å². The van der Waals surface area contributed by atoms with Crippen LogP contribution in [0, 0.1) is 0 Å². The smallest absolute Gasteiger partial charge is 0.236 e. The first kappa shape index (κ1) is 25.6. The van der Waals surface area contributed by atoms with Crippen molar-refractivity contribution in [2.75, 3.05) is 27.7 Å². The lowest BCUT2D eigenvalue weighted by molar-refractivity contribution is -0.127. The zero-order chi connectivity index (χ0) is 25.8. The van der Waals surface area contributed by atoms with E-state index in [0.29, 0.717) is 30.1 Å². The Balaban J connectivity index is 1.58. The van der Waals surface area contributed by atoms with Gasteiger partial charge in [-0.1, -0.05) is 13.8 Å². The van der Waals surface area contributed by atoms with Crippen molar-refractivity contribution in [1.82, 2.24) is 25.2 Å². The van der Waals surface area contributed by atoms with Gasteiger partial charge in [0.2, 0.25) is 5.91 Å². The number of carbonyl (C=O) groups is 1. The van der Waals surface area contributed by atoms with Crippen LogP contribution < -0.4 is 15.8 Å². The first-order valence-corrected chi connectivity index (χ1v) is 12.6. The topological polar surface area (TPSA) is 122 Å². The second-order valence-corrected chi connectivity index (χ2v) is 9.95. The summed E-state index contributed by atoms with van der Waals surface area (Å²) in [5, 5.41) is 3.42. The average molecular weight is 492 g/mol. The van der Waals surface area contributed by atoms with Crippen LogP contribution in [0.1, 0.15) is 62.6 Å². The molecule has 1 amide bonds. The normalized spacial score (nSPS) is 18.3. The molecule has 0 saturated heterocycles. The Morgan fingerprint density at radius 2 is 2.06 bits per heavy atom. The highest BCUT2D eigenvalue weighted by Gasteiger charge is 2.25. The number of rotatable bonds is 8. The summed E-state index contributed by atoms with van der Waals surface area (Å²) in [6.45, 7) is 4.77. The molecule has 0 spiro atoms. The number of hydrogen-bond acceptors (Lipinski definition) is 6. The average Bonchev–Trinajstić information content (AvgIpc) is 3.27. The van der Waals surface area contributed by atoms with Crippen LogP contribution in [0.4, 0.5) is 5.82 Å². The van der Waals surface area contributed by atoms with Gasteiger partial charge in [0, 0.05) is 49.1 Å². The van der Waals surface area contributed by atoms with E-state index in [1.807, 2.05) is 6.07 Å². The third-order valence-corrected chi connectivity index (χ3v) is 7.00. The maximum absolute atomic E-state index is 11.9. The quantitative estimate of drug-likeness (QED) is 0.322. The van der Waals surface area contributed by atoms with Crippen LogP contribution in [0.25, 0.3) is 22.3 Å². The molecule has 1 aliphatic rings. The monoisotopic (exact) mass is 491 g/mol. The Bertz CT molecular complexity index is 1240. The third kappa shape index (κ3) is 5.36. The Hall–Kier alpha value is -3.46. The molecule has 4 N–H and O–H groups in total. The van der Waals surface area contributed by atoms with Gasteiger partial charge in [-0.2, -0.15) is 0 Å². The van der Waals surface area contributed by atoms with Crippen molar-refractivity contribution in [3.8, 4) is 17.0 Å². The molecule has 9 nitrogen and oxygen atoms in total. The molecule has 0 aromatic carbocycles. The second-order valence-electron chi connectivity index (χ2n) is 9.95. The van der Waals surface area contributed by atoms with E-state index in [1.165, 1.54) is 11.9 Å². The molecule has 0 bridgehead atoms. The van der Waals surface area contributed by atoms with Crippen LogP contribution in [0.5, 0.6) is 5.75 Å². The number of hydrogen-bond donors (Lipinski definition) is 3. The number of H-pyrrole nitrogens is 1. The molecule has 0 unspecified atom stereocenters. The standard InChI is InChI=1S/C27H37N7O2/c1-16(2)24-25(18-12-22(36-5)27(30-13-18)31-15-28)33-21-11-10-20(32-26(21)24)17-6-8-19(9-7-17)29-14-23(35)34(3)4/h10-13,15-17,19,29,33H,6-9,14H2,1-5H3,(H2,28,30,31). The van der Waals surface area contributed by atoms with Crippen molar-refractivity contribution in [3.63, 3.8) is 0 Å². The number of methoxy groups -OCH3 is 1. The minimum atomic E-state index is 0.114. The van der Waals surface area contributed by atoms with Crippen LogP contribution in [-0.4, -0.2) is 65.9 Å². The van der Waals surface area contributed by atoms with E-state index in [-0.39, 0.29) is 11.8 Å². The Kier molecular flexibility index (Phi) is 7.88. The first-order valence-electron chi connectivity index (χ1n) is 12.6. The fraction of sp³-hybridized carbons (Fsp3) is 0.481. The molecular formula is C27H37N7O2. The number of amides is 1. The summed E-state index contributed by atoms with van der Waals surface area (Å²) in [6.07, 6.45) is 7.21. The summed E-state index contributed by atoms with van der Waals surface area (Å²) in [6, 6.07) is 6.61. The van der Waals surface area contributed by atoms with E-state index in [1.54, 1.807) is 32.3 Å². The minimum Gasteiger partial charge on any atom is -0.493 e. The van der Waals surface area contributed by atoms with E-state index >= 15 is 0 Å². The van der Waals surface area contributed by atoms with Gasteiger partial charge in [0.1, 0.15) is 0 Å². The molecule has 0 aliphatic heterocycles.